The largest absolute Gasteiger partial charge is 0.461 e. The molecule has 1 aromatic rings. The van der Waals surface area contributed by atoms with Crippen LogP contribution in [-0.2, 0) is 25.7 Å². The maximum absolute atomic E-state index is 11.4. The van der Waals surface area contributed by atoms with Gasteiger partial charge in [-0.2, -0.15) is 0 Å². The first-order valence-electron chi connectivity index (χ1n) is 5.37. The molecule has 1 aliphatic heterocycles. The fourth-order valence-electron chi connectivity index (χ4n) is 1.49. The molecule has 1 heterocycles. The number of carbonyl (C=O) groups is 3. The van der Waals surface area contributed by atoms with Crippen molar-refractivity contribution in [2.45, 2.75) is 19.1 Å². The van der Waals surface area contributed by atoms with E-state index in [4.69, 9.17) is 4.74 Å². The predicted octanol–water partition coefficient (Wildman–Crippen LogP) is 0.755. The second kappa shape index (κ2) is 5.31. The highest BCUT2D eigenvalue weighted by Crippen LogP contribution is 2.07. The van der Waals surface area contributed by atoms with Gasteiger partial charge in [0.05, 0.1) is 6.42 Å². The predicted molar refractivity (Wildman–Crippen MR) is 59.3 cm³/mol. The Labute approximate surface area is 103 Å². The first kappa shape index (κ1) is 12.1. The SMILES string of the molecule is O=C(CC1NC(=O)OC1=O)OCc1ccccc1. The molecule has 1 amide bonds. The lowest BCUT2D eigenvalue weighted by molar-refractivity contribution is -0.148. The lowest BCUT2D eigenvalue weighted by atomic mass is 10.2. The van der Waals surface area contributed by atoms with Crippen molar-refractivity contribution >= 4 is 18.0 Å². The zero-order chi connectivity index (χ0) is 13.0. The number of cyclic esters (lactones) is 2. The van der Waals surface area contributed by atoms with E-state index >= 15 is 0 Å². The van der Waals surface area contributed by atoms with E-state index in [1.165, 1.54) is 0 Å². The highest BCUT2D eigenvalue weighted by molar-refractivity contribution is 5.97. The summed E-state index contributed by atoms with van der Waals surface area (Å²) in [7, 11) is 0. The van der Waals surface area contributed by atoms with Crippen LogP contribution in [0.2, 0.25) is 0 Å². The van der Waals surface area contributed by atoms with Gasteiger partial charge in [-0.05, 0) is 5.56 Å². The van der Waals surface area contributed by atoms with E-state index in [1.54, 1.807) is 0 Å². The highest BCUT2D eigenvalue weighted by Gasteiger charge is 2.34. The fourth-order valence-corrected chi connectivity index (χ4v) is 1.49. The Balaban J connectivity index is 1.79. The van der Waals surface area contributed by atoms with Crippen molar-refractivity contribution in [1.82, 2.24) is 5.32 Å². The molecule has 1 N–H and O–H groups in total. The molecule has 1 aromatic carbocycles. The van der Waals surface area contributed by atoms with E-state index in [9.17, 15) is 14.4 Å². The van der Waals surface area contributed by atoms with Crippen LogP contribution in [-0.4, -0.2) is 24.1 Å². The molecule has 1 aliphatic rings. The summed E-state index contributed by atoms with van der Waals surface area (Å²) >= 11 is 0. The Kier molecular flexibility index (Phi) is 3.57. The number of rotatable bonds is 4. The smallest absolute Gasteiger partial charge is 0.415 e. The highest BCUT2D eigenvalue weighted by atomic mass is 16.6. The number of nitrogens with one attached hydrogen (secondary N) is 1. The number of ether oxygens (including phenoxy) is 2. The van der Waals surface area contributed by atoms with Gasteiger partial charge in [0, 0.05) is 0 Å². The molecule has 18 heavy (non-hydrogen) atoms. The first-order valence-corrected chi connectivity index (χ1v) is 5.37. The molecule has 0 aliphatic carbocycles. The third kappa shape index (κ3) is 3.07. The van der Waals surface area contributed by atoms with Gasteiger partial charge in [-0.1, -0.05) is 30.3 Å². The monoisotopic (exact) mass is 249 g/mol. The van der Waals surface area contributed by atoms with Gasteiger partial charge in [0.2, 0.25) is 0 Å². The number of hydrogen-bond acceptors (Lipinski definition) is 5. The van der Waals surface area contributed by atoms with E-state index < -0.39 is 24.1 Å². The molecule has 1 atom stereocenters. The molecule has 1 fully saturated rings. The zero-order valence-corrected chi connectivity index (χ0v) is 9.42. The number of amides is 1. The van der Waals surface area contributed by atoms with Crippen LogP contribution in [0.1, 0.15) is 12.0 Å². The molecule has 6 nitrogen and oxygen atoms in total. The third-order valence-electron chi connectivity index (χ3n) is 2.38. The lowest BCUT2D eigenvalue weighted by Gasteiger charge is -2.06. The van der Waals surface area contributed by atoms with Crippen LogP contribution in [0, 0.1) is 0 Å². The molecule has 0 saturated carbocycles. The van der Waals surface area contributed by atoms with Crippen LogP contribution in [0.3, 0.4) is 0 Å². The minimum atomic E-state index is -0.944. The Bertz CT molecular complexity index is 471. The number of benzene rings is 1. The average molecular weight is 249 g/mol. The Hall–Kier alpha value is -2.37. The number of esters is 2. The van der Waals surface area contributed by atoms with Crippen molar-refractivity contribution in [3.8, 4) is 0 Å². The Morgan fingerprint density at radius 2 is 2.00 bits per heavy atom. The van der Waals surface area contributed by atoms with Gasteiger partial charge in [-0.25, -0.2) is 9.59 Å². The molecule has 0 spiro atoms. The van der Waals surface area contributed by atoms with Crippen molar-refractivity contribution < 1.29 is 23.9 Å². The quantitative estimate of drug-likeness (QED) is 0.629. The first-order chi connectivity index (χ1) is 8.65. The van der Waals surface area contributed by atoms with Crippen molar-refractivity contribution in [2.24, 2.45) is 0 Å². The Morgan fingerprint density at radius 1 is 1.28 bits per heavy atom. The molecular weight excluding hydrogens is 238 g/mol. The minimum absolute atomic E-state index is 0.134. The zero-order valence-electron chi connectivity index (χ0n) is 9.42. The van der Waals surface area contributed by atoms with E-state index in [-0.39, 0.29) is 13.0 Å². The molecular formula is C12H11NO5. The molecule has 6 heteroatoms. The van der Waals surface area contributed by atoms with Gasteiger partial charge in [-0.3, -0.25) is 4.79 Å². The van der Waals surface area contributed by atoms with Crippen molar-refractivity contribution in [3.63, 3.8) is 0 Å². The summed E-state index contributed by atoms with van der Waals surface area (Å²) in [6.07, 6.45) is -1.06. The number of carbonyl (C=O) groups excluding carboxylic acids is 3. The minimum Gasteiger partial charge on any atom is -0.461 e. The van der Waals surface area contributed by atoms with Gasteiger partial charge in [0.15, 0.2) is 0 Å². The van der Waals surface area contributed by atoms with E-state index in [0.29, 0.717) is 0 Å². The summed E-state index contributed by atoms with van der Waals surface area (Å²) in [5.41, 5.74) is 0.851. The lowest BCUT2D eigenvalue weighted by Crippen LogP contribution is -2.31. The van der Waals surface area contributed by atoms with Crippen molar-refractivity contribution in [2.75, 3.05) is 0 Å². The maximum Gasteiger partial charge on any atom is 0.415 e. The van der Waals surface area contributed by atoms with E-state index in [1.807, 2.05) is 30.3 Å². The van der Waals surface area contributed by atoms with Crippen LogP contribution >= 0.6 is 0 Å². The molecule has 0 bridgehead atoms. The van der Waals surface area contributed by atoms with Crippen LogP contribution < -0.4 is 5.32 Å². The summed E-state index contributed by atoms with van der Waals surface area (Å²) in [6, 6.07) is 8.21. The van der Waals surface area contributed by atoms with Gasteiger partial charge in [-0.15, -0.1) is 0 Å². The third-order valence-corrected chi connectivity index (χ3v) is 2.38. The molecule has 94 valence electrons. The van der Waals surface area contributed by atoms with Crippen LogP contribution in [0.4, 0.5) is 4.79 Å². The van der Waals surface area contributed by atoms with Crippen molar-refractivity contribution in [1.29, 1.82) is 0 Å². The second-order valence-corrected chi connectivity index (χ2v) is 3.76. The summed E-state index contributed by atoms with van der Waals surface area (Å²) < 4.78 is 9.22. The number of hydrogen-bond donors (Lipinski definition) is 1. The fraction of sp³-hybridized carbons (Fsp3) is 0.250. The summed E-state index contributed by atoms with van der Waals surface area (Å²) in [6.45, 7) is 0.134. The molecule has 0 aromatic heterocycles. The molecule has 1 saturated heterocycles. The molecule has 0 radical (unpaired) electrons. The van der Waals surface area contributed by atoms with Gasteiger partial charge >= 0.3 is 18.0 Å². The summed E-state index contributed by atoms with van der Waals surface area (Å²) in [5, 5.41) is 2.22. The van der Waals surface area contributed by atoms with Crippen LogP contribution in [0.5, 0.6) is 0 Å². The van der Waals surface area contributed by atoms with E-state index in [0.717, 1.165) is 5.56 Å². The summed E-state index contributed by atoms with van der Waals surface area (Å²) in [4.78, 5) is 33.2. The van der Waals surface area contributed by atoms with Gasteiger partial charge in [0.1, 0.15) is 12.6 Å². The Morgan fingerprint density at radius 3 is 2.61 bits per heavy atom. The summed E-state index contributed by atoms with van der Waals surface area (Å²) in [5.74, 6) is -1.32. The van der Waals surface area contributed by atoms with Gasteiger partial charge in [0.25, 0.3) is 0 Å². The topological polar surface area (TPSA) is 81.7 Å². The van der Waals surface area contributed by atoms with Crippen molar-refractivity contribution in [3.05, 3.63) is 35.9 Å². The maximum atomic E-state index is 11.4. The van der Waals surface area contributed by atoms with Crippen LogP contribution in [0.25, 0.3) is 0 Å². The average Bonchev–Trinajstić information content (AvgIpc) is 2.67. The van der Waals surface area contributed by atoms with Crippen LogP contribution in [0.15, 0.2) is 30.3 Å². The second-order valence-electron chi connectivity index (χ2n) is 3.76. The number of alkyl carbamates (subject to hydrolysis) is 1. The normalized spacial score (nSPS) is 18.1. The standard InChI is InChI=1S/C12H11NO5/c14-10(6-9-11(15)18-12(16)13-9)17-7-8-4-2-1-3-5-8/h1-5,9H,6-7H2,(H,13,16). The van der Waals surface area contributed by atoms with E-state index in [2.05, 4.69) is 10.1 Å². The van der Waals surface area contributed by atoms with Gasteiger partial charge < -0.3 is 14.8 Å². The molecule has 2 rings (SSSR count). The molecule has 1 unspecified atom stereocenters.